The minimum atomic E-state index is -0.638. The molecule has 2 heterocycles. The number of para-hydroxylation sites is 1. The van der Waals surface area contributed by atoms with E-state index in [1.807, 2.05) is 36.4 Å². The van der Waals surface area contributed by atoms with E-state index >= 15 is 0 Å². The predicted molar refractivity (Wildman–Crippen MR) is 118 cm³/mol. The molecule has 1 amide bonds. The molecule has 4 aromatic rings. The van der Waals surface area contributed by atoms with Crippen molar-refractivity contribution in [3.8, 4) is 17.3 Å². The molecular formula is C24H20N4O4. The van der Waals surface area contributed by atoms with Gasteiger partial charge in [-0.15, -0.1) is 0 Å². The molecule has 0 saturated carbocycles. The summed E-state index contributed by atoms with van der Waals surface area (Å²) in [5, 5.41) is 6.88. The number of ether oxygens (including phenoxy) is 2. The molecule has 0 radical (unpaired) electrons. The Hall–Kier alpha value is -4.46. The number of hydrogen-bond donors (Lipinski definition) is 1. The number of pyridine rings is 1. The van der Waals surface area contributed by atoms with Crippen LogP contribution in [0.15, 0.2) is 85.2 Å². The van der Waals surface area contributed by atoms with E-state index in [4.69, 9.17) is 9.47 Å². The smallest absolute Gasteiger partial charge is 0.342 e. The zero-order valence-electron chi connectivity index (χ0n) is 17.3. The molecule has 2 aromatic carbocycles. The van der Waals surface area contributed by atoms with Crippen molar-refractivity contribution < 1.29 is 19.1 Å². The first kappa shape index (κ1) is 20.8. The van der Waals surface area contributed by atoms with E-state index in [1.165, 1.54) is 10.9 Å². The van der Waals surface area contributed by atoms with Gasteiger partial charge in [0.15, 0.2) is 12.4 Å². The second-order valence-electron chi connectivity index (χ2n) is 6.81. The molecule has 8 nitrogen and oxygen atoms in total. The standard InChI is InChI=1S/C24H20N4O4/c1-17-21(15-26-28(17)22-12-5-6-13-25-22)24(30)31-16-23(29)27-18-8-7-11-20(14-18)32-19-9-3-2-4-10-19/h2-15H,16H2,1H3,(H,27,29). The number of rotatable bonds is 7. The van der Waals surface area contributed by atoms with Crippen LogP contribution in [0.4, 0.5) is 5.69 Å². The normalized spacial score (nSPS) is 10.4. The van der Waals surface area contributed by atoms with Gasteiger partial charge in [-0.05, 0) is 43.3 Å². The topological polar surface area (TPSA) is 95.3 Å². The second-order valence-corrected chi connectivity index (χ2v) is 6.81. The van der Waals surface area contributed by atoms with Crippen molar-refractivity contribution in [1.82, 2.24) is 14.8 Å². The number of benzene rings is 2. The molecule has 0 spiro atoms. The molecule has 0 bridgehead atoms. The van der Waals surface area contributed by atoms with Gasteiger partial charge in [0.1, 0.15) is 17.1 Å². The minimum absolute atomic E-state index is 0.265. The van der Waals surface area contributed by atoms with Crippen LogP contribution in [0.3, 0.4) is 0 Å². The highest BCUT2D eigenvalue weighted by Crippen LogP contribution is 2.23. The van der Waals surface area contributed by atoms with E-state index < -0.39 is 18.5 Å². The molecule has 160 valence electrons. The summed E-state index contributed by atoms with van der Waals surface area (Å²) in [4.78, 5) is 28.9. The molecule has 0 fully saturated rings. The Morgan fingerprint density at radius 3 is 2.53 bits per heavy atom. The summed E-state index contributed by atoms with van der Waals surface area (Å²) in [5.74, 6) is 0.737. The summed E-state index contributed by atoms with van der Waals surface area (Å²) >= 11 is 0. The average molecular weight is 428 g/mol. The molecule has 0 atom stereocenters. The van der Waals surface area contributed by atoms with Crippen molar-refractivity contribution in [1.29, 1.82) is 0 Å². The van der Waals surface area contributed by atoms with E-state index in [0.29, 0.717) is 28.7 Å². The Morgan fingerprint density at radius 2 is 1.75 bits per heavy atom. The lowest BCUT2D eigenvalue weighted by Crippen LogP contribution is -2.21. The molecule has 1 N–H and O–H groups in total. The van der Waals surface area contributed by atoms with Crippen LogP contribution in [-0.4, -0.2) is 33.2 Å². The van der Waals surface area contributed by atoms with Crippen LogP contribution >= 0.6 is 0 Å². The van der Waals surface area contributed by atoms with Gasteiger partial charge in [-0.3, -0.25) is 4.79 Å². The number of nitrogens with zero attached hydrogens (tertiary/aromatic N) is 3. The van der Waals surface area contributed by atoms with Crippen molar-refractivity contribution in [2.24, 2.45) is 0 Å². The molecule has 0 saturated heterocycles. The minimum Gasteiger partial charge on any atom is -0.457 e. The fraction of sp³-hybridized carbons (Fsp3) is 0.0833. The molecule has 2 aromatic heterocycles. The summed E-state index contributed by atoms with van der Waals surface area (Å²) in [7, 11) is 0. The molecule has 0 aliphatic carbocycles. The first-order chi connectivity index (χ1) is 15.6. The molecule has 32 heavy (non-hydrogen) atoms. The third kappa shape index (κ3) is 4.99. The number of carbonyl (C=O) groups is 2. The van der Waals surface area contributed by atoms with Gasteiger partial charge >= 0.3 is 5.97 Å². The number of aromatic nitrogens is 3. The maximum Gasteiger partial charge on any atom is 0.342 e. The summed E-state index contributed by atoms with van der Waals surface area (Å²) < 4.78 is 12.5. The van der Waals surface area contributed by atoms with Gasteiger partial charge in [0.25, 0.3) is 5.91 Å². The maximum atomic E-state index is 12.4. The van der Waals surface area contributed by atoms with Crippen molar-refractivity contribution >= 4 is 17.6 Å². The van der Waals surface area contributed by atoms with E-state index in [0.717, 1.165) is 0 Å². The van der Waals surface area contributed by atoms with Gasteiger partial charge in [-0.2, -0.15) is 5.10 Å². The van der Waals surface area contributed by atoms with Crippen LogP contribution in [0.25, 0.3) is 5.82 Å². The fourth-order valence-electron chi connectivity index (χ4n) is 2.99. The first-order valence-corrected chi connectivity index (χ1v) is 9.86. The van der Waals surface area contributed by atoms with Crippen LogP contribution in [0.2, 0.25) is 0 Å². The third-order valence-electron chi connectivity index (χ3n) is 4.53. The lowest BCUT2D eigenvalue weighted by Gasteiger charge is -2.09. The number of hydrogen-bond acceptors (Lipinski definition) is 6. The van der Waals surface area contributed by atoms with E-state index in [2.05, 4.69) is 15.4 Å². The van der Waals surface area contributed by atoms with Crippen LogP contribution in [0.1, 0.15) is 16.1 Å². The monoisotopic (exact) mass is 428 g/mol. The number of carbonyl (C=O) groups excluding carboxylic acids is 2. The molecule has 0 aliphatic rings. The zero-order chi connectivity index (χ0) is 22.3. The fourth-order valence-corrected chi connectivity index (χ4v) is 2.99. The van der Waals surface area contributed by atoms with Crippen molar-refractivity contribution in [2.75, 3.05) is 11.9 Å². The van der Waals surface area contributed by atoms with Crippen molar-refractivity contribution in [2.45, 2.75) is 6.92 Å². The van der Waals surface area contributed by atoms with Gasteiger partial charge in [0.2, 0.25) is 0 Å². The van der Waals surface area contributed by atoms with Crippen LogP contribution in [0.5, 0.6) is 11.5 Å². The number of esters is 1. The van der Waals surface area contributed by atoms with Crippen LogP contribution in [0, 0.1) is 6.92 Å². The van der Waals surface area contributed by atoms with Gasteiger partial charge in [0.05, 0.1) is 11.9 Å². The third-order valence-corrected chi connectivity index (χ3v) is 4.53. The Morgan fingerprint density at radius 1 is 0.969 bits per heavy atom. The Balaban J connectivity index is 1.34. The van der Waals surface area contributed by atoms with Crippen molar-refractivity contribution in [3.63, 3.8) is 0 Å². The lowest BCUT2D eigenvalue weighted by molar-refractivity contribution is -0.119. The summed E-state index contributed by atoms with van der Waals surface area (Å²) in [6.45, 7) is 1.30. The highest BCUT2D eigenvalue weighted by Gasteiger charge is 2.18. The summed E-state index contributed by atoms with van der Waals surface area (Å²) in [6, 6.07) is 21.7. The summed E-state index contributed by atoms with van der Waals surface area (Å²) in [6.07, 6.45) is 3.04. The Bertz CT molecular complexity index is 1220. The molecule has 8 heteroatoms. The quantitative estimate of drug-likeness (QED) is 0.444. The highest BCUT2D eigenvalue weighted by atomic mass is 16.5. The number of anilines is 1. The predicted octanol–water partition coefficient (Wildman–Crippen LogP) is 4.16. The van der Waals surface area contributed by atoms with Gasteiger partial charge in [0, 0.05) is 18.0 Å². The highest BCUT2D eigenvalue weighted by molar-refractivity contribution is 5.96. The van der Waals surface area contributed by atoms with Crippen molar-refractivity contribution in [3.05, 3.63) is 96.4 Å². The molecule has 0 aliphatic heterocycles. The second kappa shape index (κ2) is 9.57. The lowest BCUT2D eigenvalue weighted by atomic mass is 10.2. The molecular weight excluding hydrogens is 408 g/mol. The Kier molecular flexibility index (Phi) is 6.22. The van der Waals surface area contributed by atoms with E-state index in [9.17, 15) is 9.59 Å². The largest absolute Gasteiger partial charge is 0.457 e. The van der Waals surface area contributed by atoms with Gasteiger partial charge < -0.3 is 14.8 Å². The van der Waals surface area contributed by atoms with Gasteiger partial charge in [-0.25, -0.2) is 14.5 Å². The number of nitrogens with one attached hydrogen (secondary N) is 1. The SMILES string of the molecule is Cc1c(C(=O)OCC(=O)Nc2cccc(Oc3ccccc3)c2)cnn1-c1ccccn1. The van der Waals surface area contributed by atoms with Gasteiger partial charge in [-0.1, -0.05) is 30.3 Å². The Labute approximate surface area is 184 Å². The maximum absolute atomic E-state index is 12.4. The zero-order valence-corrected chi connectivity index (χ0v) is 17.3. The van der Waals surface area contributed by atoms with Crippen LogP contribution in [-0.2, 0) is 9.53 Å². The van der Waals surface area contributed by atoms with E-state index in [-0.39, 0.29) is 5.56 Å². The van der Waals surface area contributed by atoms with Crippen LogP contribution < -0.4 is 10.1 Å². The number of amides is 1. The summed E-state index contributed by atoms with van der Waals surface area (Å²) in [5.41, 5.74) is 1.36. The first-order valence-electron chi connectivity index (χ1n) is 9.86. The average Bonchev–Trinajstić information content (AvgIpc) is 3.20. The molecule has 4 rings (SSSR count). The molecule has 0 unspecified atom stereocenters. The van der Waals surface area contributed by atoms with E-state index in [1.54, 1.807) is 49.5 Å².